The normalized spacial score (nSPS) is 17.6. The predicted molar refractivity (Wildman–Crippen MR) is 89.3 cm³/mol. The lowest BCUT2D eigenvalue weighted by Crippen LogP contribution is -2.47. The lowest BCUT2D eigenvalue weighted by Gasteiger charge is -2.25. The van der Waals surface area contributed by atoms with Gasteiger partial charge >= 0.3 is 0 Å². The van der Waals surface area contributed by atoms with Crippen LogP contribution in [0.25, 0.3) is 0 Å². The highest BCUT2D eigenvalue weighted by Crippen LogP contribution is 2.12. The molecular formula is C15H27N7O. The summed E-state index contributed by atoms with van der Waals surface area (Å²) in [6, 6.07) is 0.237. The minimum Gasteiger partial charge on any atom is -0.356 e. The van der Waals surface area contributed by atoms with Crippen LogP contribution in [0, 0.1) is 6.92 Å². The van der Waals surface area contributed by atoms with Crippen molar-refractivity contribution in [2.24, 2.45) is 4.99 Å². The zero-order chi connectivity index (χ0) is 16.8. The molecule has 8 nitrogen and oxygen atoms in total. The molecule has 0 aliphatic carbocycles. The van der Waals surface area contributed by atoms with Crippen molar-refractivity contribution in [3.8, 4) is 0 Å². The molecule has 0 saturated carbocycles. The Morgan fingerprint density at radius 3 is 2.96 bits per heavy atom. The molecule has 2 rings (SSSR count). The summed E-state index contributed by atoms with van der Waals surface area (Å²) in [6.45, 7) is 5.75. The molecule has 0 aromatic carbocycles. The molecule has 0 saturated heterocycles. The molecule has 0 fully saturated rings. The third kappa shape index (κ3) is 4.94. The second kappa shape index (κ2) is 7.94. The molecule has 1 aliphatic heterocycles. The van der Waals surface area contributed by atoms with E-state index < -0.39 is 0 Å². The quantitative estimate of drug-likeness (QED) is 0.586. The molecule has 1 aliphatic rings. The minimum atomic E-state index is -0.0135. The maximum absolute atomic E-state index is 11.7. The minimum absolute atomic E-state index is 0.0135. The molecule has 2 heterocycles. The Labute approximate surface area is 137 Å². The van der Waals surface area contributed by atoms with Crippen molar-refractivity contribution in [2.45, 2.75) is 45.7 Å². The van der Waals surface area contributed by atoms with Gasteiger partial charge in [-0.15, -0.1) is 0 Å². The van der Waals surface area contributed by atoms with Crippen LogP contribution in [0.2, 0.25) is 0 Å². The second-order valence-corrected chi connectivity index (χ2v) is 6.02. The highest BCUT2D eigenvalue weighted by molar-refractivity contribution is 5.84. The van der Waals surface area contributed by atoms with Gasteiger partial charge in [-0.1, -0.05) is 6.92 Å². The summed E-state index contributed by atoms with van der Waals surface area (Å²) in [5.41, 5.74) is 0. The Morgan fingerprint density at radius 1 is 1.48 bits per heavy atom. The summed E-state index contributed by atoms with van der Waals surface area (Å²) in [5, 5.41) is 11.1. The van der Waals surface area contributed by atoms with Crippen LogP contribution >= 0.6 is 0 Å². The number of aromatic nitrogens is 3. The van der Waals surface area contributed by atoms with E-state index in [0.717, 1.165) is 44.0 Å². The first-order chi connectivity index (χ1) is 11.0. The Hall–Kier alpha value is -2.12. The fourth-order valence-corrected chi connectivity index (χ4v) is 2.43. The zero-order valence-corrected chi connectivity index (χ0v) is 14.5. The maximum atomic E-state index is 11.7. The number of nitrogens with one attached hydrogen (secondary N) is 2. The first-order valence-electron chi connectivity index (χ1n) is 8.15. The number of aliphatic imine (C=N–C) groups is 1. The summed E-state index contributed by atoms with van der Waals surface area (Å²) >= 11 is 0. The summed E-state index contributed by atoms with van der Waals surface area (Å²) in [6.07, 6.45) is 2.88. The molecule has 2 N–H and O–H groups in total. The van der Waals surface area contributed by atoms with Gasteiger partial charge in [0.2, 0.25) is 5.91 Å². The summed E-state index contributed by atoms with van der Waals surface area (Å²) in [4.78, 5) is 22.1. The first-order valence-corrected chi connectivity index (χ1v) is 8.15. The summed E-state index contributed by atoms with van der Waals surface area (Å²) in [7, 11) is 3.47. The first kappa shape index (κ1) is 17.2. The van der Waals surface area contributed by atoms with Crippen LogP contribution in [0.5, 0.6) is 0 Å². The van der Waals surface area contributed by atoms with Crippen LogP contribution in [0.15, 0.2) is 4.99 Å². The average molecular weight is 321 g/mol. The van der Waals surface area contributed by atoms with E-state index in [1.807, 2.05) is 11.6 Å². The topological polar surface area (TPSA) is 87.4 Å². The van der Waals surface area contributed by atoms with E-state index in [-0.39, 0.29) is 18.5 Å². The molecule has 0 spiro atoms. The van der Waals surface area contributed by atoms with Gasteiger partial charge in [-0.3, -0.25) is 4.79 Å². The van der Waals surface area contributed by atoms with E-state index in [9.17, 15) is 4.79 Å². The SMILES string of the molecule is CCCNC(=NCC(=O)N(C)C)NC1CCc2nc(C)nn2C1. The molecule has 0 bridgehead atoms. The van der Waals surface area contributed by atoms with E-state index in [1.54, 1.807) is 19.0 Å². The molecule has 1 amide bonds. The van der Waals surface area contributed by atoms with Crippen LogP contribution in [0.3, 0.4) is 0 Å². The van der Waals surface area contributed by atoms with Crippen LogP contribution in [0.1, 0.15) is 31.4 Å². The van der Waals surface area contributed by atoms with Crippen LogP contribution in [-0.2, 0) is 17.8 Å². The molecule has 8 heteroatoms. The molecule has 23 heavy (non-hydrogen) atoms. The van der Waals surface area contributed by atoms with Gasteiger partial charge in [0.05, 0.1) is 6.54 Å². The Bertz CT molecular complexity index is 564. The highest BCUT2D eigenvalue weighted by atomic mass is 16.2. The smallest absolute Gasteiger partial charge is 0.243 e. The second-order valence-electron chi connectivity index (χ2n) is 6.02. The van der Waals surface area contributed by atoms with Gasteiger partial charge in [0.15, 0.2) is 5.96 Å². The number of carbonyl (C=O) groups excluding carboxylic acids is 1. The van der Waals surface area contributed by atoms with Gasteiger partial charge in [0, 0.05) is 33.1 Å². The summed E-state index contributed by atoms with van der Waals surface area (Å²) < 4.78 is 1.96. The van der Waals surface area contributed by atoms with E-state index in [1.165, 1.54) is 0 Å². The number of likely N-dealkylation sites (N-methyl/N-ethyl adjacent to an activating group) is 1. The number of carbonyl (C=O) groups is 1. The molecule has 128 valence electrons. The Balaban J connectivity index is 1.97. The molecule has 1 unspecified atom stereocenters. The molecule has 0 radical (unpaired) electrons. The number of rotatable bonds is 5. The number of hydrogen-bond acceptors (Lipinski definition) is 4. The van der Waals surface area contributed by atoms with Crippen molar-refractivity contribution >= 4 is 11.9 Å². The van der Waals surface area contributed by atoms with E-state index in [2.05, 4.69) is 32.6 Å². The number of aryl methyl sites for hydroxylation is 2. The predicted octanol–water partition coefficient (Wildman–Crippen LogP) is -0.0653. The van der Waals surface area contributed by atoms with E-state index in [0.29, 0.717) is 5.96 Å². The van der Waals surface area contributed by atoms with E-state index in [4.69, 9.17) is 0 Å². The largest absolute Gasteiger partial charge is 0.356 e. The van der Waals surface area contributed by atoms with Crippen LogP contribution in [-0.4, -0.2) is 64.8 Å². The monoisotopic (exact) mass is 321 g/mol. The molecule has 1 aromatic rings. The van der Waals surface area contributed by atoms with Crippen molar-refractivity contribution < 1.29 is 4.79 Å². The lowest BCUT2D eigenvalue weighted by molar-refractivity contribution is -0.127. The van der Waals surface area contributed by atoms with E-state index >= 15 is 0 Å². The van der Waals surface area contributed by atoms with Crippen LogP contribution in [0.4, 0.5) is 0 Å². The van der Waals surface area contributed by atoms with Gasteiger partial charge in [-0.05, 0) is 19.8 Å². The lowest BCUT2D eigenvalue weighted by atomic mass is 10.1. The van der Waals surface area contributed by atoms with Crippen molar-refractivity contribution in [2.75, 3.05) is 27.2 Å². The van der Waals surface area contributed by atoms with Crippen molar-refractivity contribution in [1.82, 2.24) is 30.3 Å². The molecule has 1 aromatic heterocycles. The van der Waals surface area contributed by atoms with Gasteiger partial charge in [0.25, 0.3) is 0 Å². The maximum Gasteiger partial charge on any atom is 0.243 e. The third-order valence-electron chi connectivity index (χ3n) is 3.72. The Morgan fingerprint density at radius 2 is 2.26 bits per heavy atom. The van der Waals surface area contributed by atoms with Gasteiger partial charge in [0.1, 0.15) is 18.2 Å². The van der Waals surface area contributed by atoms with Crippen LogP contribution < -0.4 is 10.6 Å². The fraction of sp³-hybridized carbons (Fsp3) is 0.733. The average Bonchev–Trinajstić information content (AvgIpc) is 2.88. The van der Waals surface area contributed by atoms with Gasteiger partial charge in [-0.2, -0.15) is 5.10 Å². The zero-order valence-electron chi connectivity index (χ0n) is 14.5. The number of amides is 1. The van der Waals surface area contributed by atoms with Gasteiger partial charge < -0.3 is 15.5 Å². The summed E-state index contributed by atoms with van der Waals surface area (Å²) in [5.74, 6) is 2.53. The molecule has 1 atom stereocenters. The number of fused-ring (bicyclic) bond motifs is 1. The molecular weight excluding hydrogens is 294 g/mol. The standard InChI is InChI=1S/C15H27N7O/c1-5-8-16-15(17-9-14(23)21(3)4)19-12-6-7-13-18-11(2)20-22(13)10-12/h12H,5-10H2,1-4H3,(H2,16,17,19). The number of nitrogens with zero attached hydrogens (tertiary/aromatic N) is 5. The highest BCUT2D eigenvalue weighted by Gasteiger charge is 2.21. The fourth-order valence-electron chi connectivity index (χ4n) is 2.43. The van der Waals surface area contributed by atoms with Gasteiger partial charge in [-0.25, -0.2) is 14.7 Å². The third-order valence-corrected chi connectivity index (χ3v) is 3.72. The van der Waals surface area contributed by atoms with Crippen molar-refractivity contribution in [3.05, 3.63) is 11.6 Å². The Kier molecular flexibility index (Phi) is 5.95. The number of guanidine groups is 1. The van der Waals surface area contributed by atoms with Crippen molar-refractivity contribution in [1.29, 1.82) is 0 Å². The number of hydrogen-bond donors (Lipinski definition) is 2. The van der Waals surface area contributed by atoms with Crippen molar-refractivity contribution in [3.63, 3.8) is 0 Å².